The molecule has 1 N–H and O–H groups in total. The van der Waals surface area contributed by atoms with Crippen LogP contribution in [0.2, 0.25) is 0 Å². The monoisotopic (exact) mass is 434 g/mol. The quantitative estimate of drug-likeness (QED) is 0.789. The Hall–Kier alpha value is -1.40. The van der Waals surface area contributed by atoms with Crippen LogP contribution in [-0.2, 0) is 19.9 Å². The third-order valence-corrected chi connectivity index (χ3v) is 6.87. The van der Waals surface area contributed by atoms with Gasteiger partial charge in [-0.1, -0.05) is 40.9 Å². The van der Waals surface area contributed by atoms with Crippen molar-refractivity contribution >= 4 is 27.7 Å². The Morgan fingerprint density at radius 1 is 1.22 bits per heavy atom. The van der Waals surface area contributed by atoms with Crippen LogP contribution in [0.25, 0.3) is 0 Å². The van der Waals surface area contributed by atoms with Crippen LogP contribution >= 0.6 is 15.9 Å². The topological polar surface area (TPSA) is 58.6 Å². The molecule has 1 aliphatic carbocycles. The van der Waals surface area contributed by atoms with Crippen LogP contribution in [0.5, 0.6) is 0 Å². The fourth-order valence-electron chi connectivity index (χ4n) is 4.81. The molecule has 2 amide bonds. The minimum atomic E-state index is -0.414. The van der Waals surface area contributed by atoms with Gasteiger partial charge in [0, 0.05) is 36.7 Å². The van der Waals surface area contributed by atoms with E-state index in [1.54, 1.807) is 0 Å². The van der Waals surface area contributed by atoms with Gasteiger partial charge in [-0.3, -0.25) is 9.59 Å². The van der Waals surface area contributed by atoms with Crippen LogP contribution < -0.4 is 5.32 Å². The molecule has 1 aromatic carbocycles. The molecule has 4 rings (SSSR count). The highest BCUT2D eigenvalue weighted by Crippen LogP contribution is 2.35. The Bertz CT molecular complexity index is 711. The summed E-state index contributed by atoms with van der Waals surface area (Å²) in [4.78, 5) is 27.6. The first kappa shape index (κ1) is 18.9. The lowest BCUT2D eigenvalue weighted by Gasteiger charge is -2.39. The smallest absolute Gasteiger partial charge is 0.226 e. The molecule has 2 aliphatic heterocycles. The van der Waals surface area contributed by atoms with Crippen molar-refractivity contribution in [1.29, 1.82) is 0 Å². The molecular formula is C21H27BrN2O3. The van der Waals surface area contributed by atoms with Crippen LogP contribution in [0.4, 0.5) is 0 Å². The number of carbonyl (C=O) groups excluding carboxylic acids is 2. The van der Waals surface area contributed by atoms with Gasteiger partial charge in [-0.15, -0.1) is 0 Å². The van der Waals surface area contributed by atoms with Crippen LogP contribution in [0.15, 0.2) is 28.7 Å². The predicted molar refractivity (Wildman–Crippen MR) is 106 cm³/mol. The van der Waals surface area contributed by atoms with Gasteiger partial charge in [-0.05, 0) is 43.4 Å². The Kier molecular flexibility index (Phi) is 5.55. The number of halogens is 1. The largest absolute Gasteiger partial charge is 0.381 e. The zero-order valence-electron chi connectivity index (χ0n) is 15.6. The molecule has 1 unspecified atom stereocenters. The summed E-state index contributed by atoms with van der Waals surface area (Å²) < 4.78 is 6.56. The van der Waals surface area contributed by atoms with E-state index in [4.69, 9.17) is 4.74 Å². The van der Waals surface area contributed by atoms with E-state index in [1.807, 2.05) is 17.0 Å². The molecule has 3 aliphatic rings. The summed E-state index contributed by atoms with van der Waals surface area (Å²) in [6.07, 6.45) is 6.39. The summed E-state index contributed by atoms with van der Waals surface area (Å²) in [6, 6.07) is 8.49. The molecule has 6 heteroatoms. The van der Waals surface area contributed by atoms with E-state index in [1.165, 1.54) is 12.8 Å². The lowest BCUT2D eigenvalue weighted by Crippen LogP contribution is -2.51. The number of carbonyl (C=O) groups is 2. The SMILES string of the molecule is O=C(NC1(c2cccc(Br)c2)CCOCC1)C1CC(=O)N(C2CCCC2)C1. The molecule has 5 nitrogen and oxygen atoms in total. The first-order valence-corrected chi connectivity index (χ1v) is 10.8. The average molecular weight is 435 g/mol. The summed E-state index contributed by atoms with van der Waals surface area (Å²) in [5.41, 5.74) is 0.689. The minimum Gasteiger partial charge on any atom is -0.381 e. The highest BCUT2D eigenvalue weighted by molar-refractivity contribution is 9.10. The van der Waals surface area contributed by atoms with Crippen molar-refractivity contribution in [3.63, 3.8) is 0 Å². The highest BCUT2D eigenvalue weighted by Gasteiger charge is 2.42. The Balaban J connectivity index is 1.50. The fourth-order valence-corrected chi connectivity index (χ4v) is 5.21. The van der Waals surface area contributed by atoms with Gasteiger partial charge in [0.05, 0.1) is 11.5 Å². The number of nitrogens with one attached hydrogen (secondary N) is 1. The first-order valence-electron chi connectivity index (χ1n) is 10.0. The van der Waals surface area contributed by atoms with Crippen LogP contribution in [0, 0.1) is 5.92 Å². The van der Waals surface area contributed by atoms with Crippen molar-refractivity contribution in [1.82, 2.24) is 10.2 Å². The predicted octanol–water partition coefficient (Wildman–Crippen LogP) is 3.36. The van der Waals surface area contributed by atoms with Gasteiger partial charge in [-0.2, -0.15) is 0 Å². The number of hydrogen-bond donors (Lipinski definition) is 1. The first-order chi connectivity index (χ1) is 13.1. The Morgan fingerprint density at radius 2 is 1.96 bits per heavy atom. The lowest BCUT2D eigenvalue weighted by molar-refractivity contribution is -0.131. The molecule has 0 bridgehead atoms. The van der Waals surface area contributed by atoms with Gasteiger partial charge >= 0.3 is 0 Å². The standard InChI is InChI=1S/C21H27BrN2O3/c22-17-5-3-4-16(13-17)21(8-10-27-11-9-21)23-20(26)15-12-19(25)24(14-15)18-6-1-2-7-18/h3-5,13,15,18H,1-2,6-12,14H2,(H,23,26). The molecular weight excluding hydrogens is 408 g/mol. The van der Waals surface area contributed by atoms with Gasteiger partial charge in [0.2, 0.25) is 11.8 Å². The molecule has 3 fully saturated rings. The van der Waals surface area contributed by atoms with Gasteiger partial charge in [0.1, 0.15) is 0 Å². The van der Waals surface area contributed by atoms with Gasteiger partial charge in [-0.25, -0.2) is 0 Å². The summed E-state index contributed by atoms with van der Waals surface area (Å²) in [5, 5.41) is 3.33. The second-order valence-corrected chi connectivity index (χ2v) is 9.00. The third kappa shape index (κ3) is 3.92. The van der Waals surface area contributed by atoms with Gasteiger partial charge in [0.15, 0.2) is 0 Å². The molecule has 0 aromatic heterocycles. The number of amides is 2. The molecule has 0 radical (unpaired) electrons. The Labute approximate surface area is 169 Å². The number of likely N-dealkylation sites (tertiary alicyclic amines) is 1. The Morgan fingerprint density at radius 3 is 2.67 bits per heavy atom. The number of ether oxygens (including phenoxy) is 1. The minimum absolute atomic E-state index is 0.00530. The summed E-state index contributed by atoms with van der Waals surface area (Å²) in [6.45, 7) is 1.83. The van der Waals surface area contributed by atoms with Crippen molar-refractivity contribution in [2.24, 2.45) is 5.92 Å². The number of rotatable bonds is 4. The number of nitrogens with zero attached hydrogens (tertiary/aromatic N) is 1. The second kappa shape index (κ2) is 7.92. The number of benzene rings is 1. The average Bonchev–Trinajstić information content (AvgIpc) is 3.32. The normalized spacial score (nSPS) is 25.7. The summed E-state index contributed by atoms with van der Waals surface area (Å²) >= 11 is 3.54. The maximum Gasteiger partial charge on any atom is 0.226 e. The fraction of sp³-hybridized carbons (Fsp3) is 0.619. The van der Waals surface area contributed by atoms with E-state index in [-0.39, 0.29) is 17.7 Å². The maximum absolute atomic E-state index is 13.1. The van der Waals surface area contributed by atoms with Crippen molar-refractivity contribution in [3.05, 3.63) is 34.3 Å². The molecule has 27 heavy (non-hydrogen) atoms. The molecule has 0 spiro atoms. The van der Waals surface area contributed by atoms with Crippen molar-refractivity contribution in [2.45, 2.75) is 56.5 Å². The van der Waals surface area contributed by atoms with E-state index in [0.29, 0.717) is 32.2 Å². The number of hydrogen-bond acceptors (Lipinski definition) is 3. The van der Waals surface area contributed by atoms with Crippen LogP contribution in [0.1, 0.15) is 50.5 Å². The lowest BCUT2D eigenvalue weighted by atomic mass is 9.82. The molecule has 1 atom stereocenters. The summed E-state index contributed by atoms with van der Waals surface area (Å²) in [7, 11) is 0. The molecule has 146 valence electrons. The molecule has 2 saturated heterocycles. The summed E-state index contributed by atoms with van der Waals surface area (Å²) in [5.74, 6) is -0.0961. The maximum atomic E-state index is 13.1. The van der Waals surface area contributed by atoms with Gasteiger partial charge < -0.3 is 15.0 Å². The zero-order chi connectivity index (χ0) is 18.9. The zero-order valence-corrected chi connectivity index (χ0v) is 17.2. The van der Waals surface area contributed by atoms with Crippen molar-refractivity contribution in [2.75, 3.05) is 19.8 Å². The van der Waals surface area contributed by atoms with Crippen molar-refractivity contribution < 1.29 is 14.3 Å². The highest BCUT2D eigenvalue weighted by atomic mass is 79.9. The molecule has 2 heterocycles. The van der Waals surface area contributed by atoms with Crippen molar-refractivity contribution in [3.8, 4) is 0 Å². The van der Waals surface area contributed by atoms with E-state index in [9.17, 15) is 9.59 Å². The third-order valence-electron chi connectivity index (χ3n) is 6.38. The van der Waals surface area contributed by atoms with E-state index in [2.05, 4.69) is 33.4 Å². The van der Waals surface area contributed by atoms with Crippen LogP contribution in [-0.4, -0.2) is 42.5 Å². The molecule has 1 aromatic rings. The second-order valence-electron chi connectivity index (χ2n) is 8.08. The molecule has 1 saturated carbocycles. The van der Waals surface area contributed by atoms with Crippen LogP contribution in [0.3, 0.4) is 0 Å². The van der Waals surface area contributed by atoms with E-state index >= 15 is 0 Å². The van der Waals surface area contributed by atoms with E-state index < -0.39 is 5.54 Å². The van der Waals surface area contributed by atoms with E-state index in [0.717, 1.165) is 35.7 Å². The van der Waals surface area contributed by atoms with Gasteiger partial charge in [0.25, 0.3) is 0 Å².